The van der Waals surface area contributed by atoms with Crippen LogP contribution in [-0.4, -0.2) is 47.1 Å². The van der Waals surface area contributed by atoms with Crippen LogP contribution in [0.3, 0.4) is 0 Å². The van der Waals surface area contributed by atoms with Crippen LogP contribution in [0.15, 0.2) is 0 Å². The van der Waals surface area contributed by atoms with E-state index in [0.29, 0.717) is 16.8 Å². The minimum atomic E-state index is 0.432. The third-order valence-corrected chi connectivity index (χ3v) is 4.86. The molecule has 2 unspecified atom stereocenters. The molecule has 1 saturated heterocycles. The summed E-state index contributed by atoms with van der Waals surface area (Å²) < 4.78 is 0.432. The fourth-order valence-electron chi connectivity index (χ4n) is 2.47. The van der Waals surface area contributed by atoms with Crippen LogP contribution in [0.1, 0.15) is 47.5 Å². The van der Waals surface area contributed by atoms with Gasteiger partial charge in [-0.05, 0) is 34.1 Å². The Morgan fingerprint density at radius 1 is 1.35 bits per heavy atom. The van der Waals surface area contributed by atoms with Gasteiger partial charge in [-0.3, -0.25) is 4.90 Å². The molecular formula is C14H30N2S. The molecule has 0 amide bonds. The molecule has 1 heterocycles. The smallest absolute Gasteiger partial charge is 0.0231 e. The average Bonchev–Trinajstić information content (AvgIpc) is 2.25. The van der Waals surface area contributed by atoms with Crippen molar-refractivity contribution in [1.29, 1.82) is 0 Å². The molecule has 0 aromatic rings. The summed E-state index contributed by atoms with van der Waals surface area (Å²) in [6, 6.07) is 1.32. The number of hydrogen-bond acceptors (Lipinski definition) is 3. The Balaban J connectivity index is 2.29. The highest BCUT2D eigenvalue weighted by molar-refractivity contribution is 8.00. The summed E-state index contributed by atoms with van der Waals surface area (Å²) in [4.78, 5) is 2.64. The van der Waals surface area contributed by atoms with Gasteiger partial charge in [-0.2, -0.15) is 11.8 Å². The van der Waals surface area contributed by atoms with Crippen molar-refractivity contribution in [3.63, 3.8) is 0 Å². The average molecular weight is 258 g/mol. The van der Waals surface area contributed by atoms with Crippen LogP contribution < -0.4 is 5.32 Å². The minimum absolute atomic E-state index is 0.432. The normalized spacial score (nSPS) is 24.5. The molecule has 3 heteroatoms. The van der Waals surface area contributed by atoms with Gasteiger partial charge in [-0.1, -0.05) is 13.3 Å². The lowest BCUT2D eigenvalue weighted by Gasteiger charge is -2.41. The molecule has 102 valence electrons. The summed E-state index contributed by atoms with van der Waals surface area (Å²) in [5.74, 6) is 1.28. The van der Waals surface area contributed by atoms with Crippen molar-refractivity contribution in [2.45, 2.75) is 64.3 Å². The van der Waals surface area contributed by atoms with E-state index in [2.05, 4.69) is 56.6 Å². The van der Waals surface area contributed by atoms with E-state index in [9.17, 15) is 0 Å². The number of nitrogens with zero attached hydrogens (tertiary/aromatic N) is 1. The second-order valence-electron chi connectivity index (χ2n) is 6.03. The Labute approximate surface area is 112 Å². The Morgan fingerprint density at radius 2 is 2.06 bits per heavy atom. The summed E-state index contributed by atoms with van der Waals surface area (Å²) in [7, 11) is 0. The summed E-state index contributed by atoms with van der Waals surface area (Å²) in [6.07, 6.45) is 2.56. The highest BCUT2D eigenvalue weighted by Gasteiger charge is 2.29. The number of rotatable bonds is 6. The van der Waals surface area contributed by atoms with Crippen LogP contribution in [0.5, 0.6) is 0 Å². The van der Waals surface area contributed by atoms with Gasteiger partial charge in [-0.15, -0.1) is 0 Å². The van der Waals surface area contributed by atoms with Gasteiger partial charge in [0.05, 0.1) is 0 Å². The van der Waals surface area contributed by atoms with Crippen LogP contribution in [0.2, 0.25) is 0 Å². The van der Waals surface area contributed by atoms with E-state index in [4.69, 9.17) is 0 Å². The van der Waals surface area contributed by atoms with Crippen LogP contribution >= 0.6 is 11.8 Å². The Hall–Kier alpha value is 0.270. The van der Waals surface area contributed by atoms with Gasteiger partial charge >= 0.3 is 0 Å². The molecule has 0 saturated carbocycles. The molecule has 0 aliphatic carbocycles. The third-order valence-electron chi connectivity index (χ3n) is 3.56. The molecule has 1 aliphatic rings. The van der Waals surface area contributed by atoms with Crippen LogP contribution in [0.4, 0.5) is 0 Å². The zero-order valence-corrected chi connectivity index (χ0v) is 13.1. The van der Waals surface area contributed by atoms with Gasteiger partial charge < -0.3 is 5.32 Å². The molecule has 0 aromatic carbocycles. The summed E-state index contributed by atoms with van der Waals surface area (Å²) in [5, 5.41) is 3.66. The third kappa shape index (κ3) is 5.62. The van der Waals surface area contributed by atoms with Crippen molar-refractivity contribution in [3.05, 3.63) is 0 Å². The second-order valence-corrected chi connectivity index (χ2v) is 7.83. The Morgan fingerprint density at radius 3 is 2.65 bits per heavy atom. The Bertz CT molecular complexity index is 218. The van der Waals surface area contributed by atoms with E-state index in [1.807, 2.05) is 0 Å². The maximum Gasteiger partial charge on any atom is 0.0231 e. The summed E-state index contributed by atoms with van der Waals surface area (Å²) in [6.45, 7) is 15.2. The fraction of sp³-hybridized carbons (Fsp3) is 1.00. The first-order valence-electron chi connectivity index (χ1n) is 7.06. The lowest BCUT2D eigenvalue weighted by Crippen LogP contribution is -2.51. The van der Waals surface area contributed by atoms with Crippen molar-refractivity contribution < 1.29 is 0 Å². The van der Waals surface area contributed by atoms with E-state index in [1.165, 1.54) is 31.7 Å². The molecule has 2 nitrogen and oxygen atoms in total. The first kappa shape index (κ1) is 15.3. The zero-order valence-electron chi connectivity index (χ0n) is 12.3. The van der Waals surface area contributed by atoms with Crippen LogP contribution in [-0.2, 0) is 0 Å². The largest absolute Gasteiger partial charge is 0.313 e. The topological polar surface area (TPSA) is 15.3 Å². The number of hydrogen-bond donors (Lipinski definition) is 1. The molecule has 0 spiro atoms. The maximum atomic E-state index is 3.66. The van der Waals surface area contributed by atoms with E-state index in [-0.39, 0.29) is 0 Å². The molecular weight excluding hydrogens is 228 g/mol. The SMILES string of the molecule is CCCC(C)NCC(C)N1CCSC(C)(C)C1. The van der Waals surface area contributed by atoms with Crippen LogP contribution in [0, 0.1) is 0 Å². The molecule has 1 fully saturated rings. The van der Waals surface area contributed by atoms with Gasteiger partial charge in [0.25, 0.3) is 0 Å². The molecule has 0 aromatic heterocycles. The van der Waals surface area contributed by atoms with Gasteiger partial charge in [-0.25, -0.2) is 0 Å². The van der Waals surface area contributed by atoms with E-state index < -0.39 is 0 Å². The highest BCUT2D eigenvalue weighted by atomic mass is 32.2. The fourth-order valence-corrected chi connectivity index (χ4v) is 3.60. The standard InChI is InChI=1S/C14H30N2S/c1-6-7-12(2)15-10-13(3)16-8-9-17-14(4,5)11-16/h12-13,15H,6-11H2,1-5H3. The van der Waals surface area contributed by atoms with E-state index in [0.717, 1.165) is 6.54 Å². The number of thioether (sulfide) groups is 1. The Kier molecular flexibility index (Phi) is 6.32. The molecule has 17 heavy (non-hydrogen) atoms. The molecule has 1 aliphatic heterocycles. The molecule has 1 N–H and O–H groups in total. The van der Waals surface area contributed by atoms with Crippen molar-refractivity contribution in [1.82, 2.24) is 10.2 Å². The van der Waals surface area contributed by atoms with E-state index in [1.54, 1.807) is 0 Å². The number of nitrogens with one attached hydrogen (secondary N) is 1. The first-order valence-corrected chi connectivity index (χ1v) is 8.04. The van der Waals surface area contributed by atoms with Gasteiger partial charge in [0.1, 0.15) is 0 Å². The van der Waals surface area contributed by atoms with Crippen LogP contribution in [0.25, 0.3) is 0 Å². The molecule has 0 radical (unpaired) electrons. The van der Waals surface area contributed by atoms with Crippen molar-refractivity contribution in [2.24, 2.45) is 0 Å². The molecule has 2 atom stereocenters. The van der Waals surface area contributed by atoms with Crippen molar-refractivity contribution >= 4 is 11.8 Å². The van der Waals surface area contributed by atoms with Gasteiger partial charge in [0, 0.05) is 42.2 Å². The molecule has 1 rings (SSSR count). The molecule has 0 bridgehead atoms. The van der Waals surface area contributed by atoms with Gasteiger partial charge in [0.2, 0.25) is 0 Å². The summed E-state index contributed by atoms with van der Waals surface area (Å²) in [5.41, 5.74) is 0. The highest BCUT2D eigenvalue weighted by Crippen LogP contribution is 2.30. The lowest BCUT2D eigenvalue weighted by molar-refractivity contribution is 0.191. The maximum absolute atomic E-state index is 3.66. The first-order chi connectivity index (χ1) is 7.94. The predicted octanol–water partition coefficient (Wildman–Crippen LogP) is 2.98. The van der Waals surface area contributed by atoms with Crippen molar-refractivity contribution in [3.8, 4) is 0 Å². The van der Waals surface area contributed by atoms with E-state index >= 15 is 0 Å². The predicted molar refractivity (Wildman–Crippen MR) is 79.9 cm³/mol. The lowest BCUT2D eigenvalue weighted by atomic mass is 10.1. The quantitative estimate of drug-likeness (QED) is 0.788. The summed E-state index contributed by atoms with van der Waals surface area (Å²) >= 11 is 2.11. The monoisotopic (exact) mass is 258 g/mol. The zero-order chi connectivity index (χ0) is 12.9. The van der Waals surface area contributed by atoms with Crippen molar-refractivity contribution in [2.75, 3.05) is 25.4 Å². The second kappa shape index (κ2) is 7.01. The minimum Gasteiger partial charge on any atom is -0.313 e. The van der Waals surface area contributed by atoms with Gasteiger partial charge in [0.15, 0.2) is 0 Å².